The van der Waals surface area contributed by atoms with Crippen molar-refractivity contribution >= 4 is 11.6 Å². The average Bonchev–Trinajstić information content (AvgIpc) is 2.77. The minimum Gasteiger partial charge on any atom is -0.289 e. The third kappa shape index (κ3) is 10.7. The van der Waals surface area contributed by atoms with Gasteiger partial charge in [0.2, 0.25) is 0 Å². The first-order valence-corrected chi connectivity index (χ1v) is 13.9. The van der Waals surface area contributed by atoms with Gasteiger partial charge in [0.05, 0.1) is 0 Å². The number of allylic oxidation sites excluding steroid dienone is 8. The summed E-state index contributed by atoms with van der Waals surface area (Å²) < 4.78 is 0. The van der Waals surface area contributed by atoms with Crippen molar-refractivity contribution in [3.05, 3.63) is 46.1 Å². The molecule has 0 saturated carbocycles. The predicted octanol–water partition coefficient (Wildman–Crippen LogP) is 9.51. The van der Waals surface area contributed by atoms with Crippen molar-refractivity contribution in [1.29, 1.82) is 0 Å². The van der Waals surface area contributed by atoms with Crippen molar-refractivity contribution in [2.45, 2.75) is 126 Å². The highest BCUT2D eigenvalue weighted by Crippen LogP contribution is 2.28. The molecule has 1 rings (SSSR count). The van der Waals surface area contributed by atoms with Gasteiger partial charge in [-0.1, -0.05) is 103 Å². The quantitative estimate of drug-likeness (QED) is 0.167. The van der Waals surface area contributed by atoms with E-state index in [-0.39, 0.29) is 11.6 Å². The van der Waals surface area contributed by atoms with E-state index in [1.807, 2.05) is 19.1 Å². The molecule has 0 fully saturated rings. The SMILES string of the molecule is CCC=CC1=C(C)C(=O)C(C)=C(CC=C(C)CCCC(C)CCCC(C)CCCC(C)C)C1=O. The van der Waals surface area contributed by atoms with Gasteiger partial charge in [-0.25, -0.2) is 0 Å². The maximum Gasteiger partial charge on any atom is 0.190 e. The van der Waals surface area contributed by atoms with Gasteiger partial charge in [0, 0.05) is 22.3 Å². The van der Waals surface area contributed by atoms with Gasteiger partial charge >= 0.3 is 0 Å². The molecule has 0 saturated heterocycles. The molecule has 192 valence electrons. The summed E-state index contributed by atoms with van der Waals surface area (Å²) in [6.07, 6.45) is 19.1. The fraction of sp³-hybridized carbons (Fsp3) is 0.688. The summed E-state index contributed by atoms with van der Waals surface area (Å²) in [6.45, 7) is 17.2. The first kappa shape index (κ1) is 30.3. The molecule has 2 heteroatoms. The Balaban J connectivity index is 2.43. The second-order valence-electron chi connectivity index (χ2n) is 11.2. The molecule has 0 aromatic rings. The van der Waals surface area contributed by atoms with Gasteiger partial charge in [0.25, 0.3) is 0 Å². The van der Waals surface area contributed by atoms with Crippen LogP contribution in [0.1, 0.15) is 126 Å². The molecule has 1 aliphatic carbocycles. The van der Waals surface area contributed by atoms with E-state index in [9.17, 15) is 9.59 Å². The predicted molar refractivity (Wildman–Crippen MR) is 148 cm³/mol. The van der Waals surface area contributed by atoms with Crippen molar-refractivity contribution < 1.29 is 9.59 Å². The van der Waals surface area contributed by atoms with Crippen LogP contribution < -0.4 is 0 Å². The highest BCUT2D eigenvalue weighted by molar-refractivity contribution is 6.25. The van der Waals surface area contributed by atoms with Crippen LogP contribution in [-0.4, -0.2) is 11.6 Å². The fourth-order valence-electron chi connectivity index (χ4n) is 4.81. The first-order valence-electron chi connectivity index (χ1n) is 13.9. The molecular formula is C32H52O2. The fourth-order valence-corrected chi connectivity index (χ4v) is 4.81. The zero-order valence-corrected chi connectivity index (χ0v) is 23.6. The van der Waals surface area contributed by atoms with Gasteiger partial charge in [0.1, 0.15) is 0 Å². The zero-order valence-electron chi connectivity index (χ0n) is 23.6. The molecule has 0 radical (unpaired) electrons. The summed E-state index contributed by atoms with van der Waals surface area (Å²) >= 11 is 0. The summed E-state index contributed by atoms with van der Waals surface area (Å²) in [5.41, 5.74) is 3.76. The van der Waals surface area contributed by atoms with Crippen LogP contribution in [0.3, 0.4) is 0 Å². The minimum atomic E-state index is 0.0134. The second kappa shape index (κ2) is 16.1. The number of Topliss-reactive ketones (excluding diaryl/α,β-unsaturated/α-hetero) is 2. The standard InChI is InChI=1S/C32H52O2/c1-9-10-20-29-27(7)31(33)28(8)30(32(29)34)22-21-26(6)19-13-18-25(5)17-12-16-24(4)15-11-14-23(2)3/h10,20-21,23-25H,9,11-19,22H2,1-8H3. The largest absolute Gasteiger partial charge is 0.289 e. The van der Waals surface area contributed by atoms with Crippen LogP contribution in [0.15, 0.2) is 46.1 Å². The molecule has 2 unspecified atom stereocenters. The number of rotatable bonds is 16. The Morgan fingerprint density at radius 1 is 0.794 bits per heavy atom. The molecule has 0 heterocycles. The number of ketones is 2. The van der Waals surface area contributed by atoms with Crippen LogP contribution in [0, 0.1) is 17.8 Å². The summed E-state index contributed by atoms with van der Waals surface area (Å²) in [5, 5.41) is 0. The van der Waals surface area contributed by atoms with Crippen LogP contribution in [0.2, 0.25) is 0 Å². The van der Waals surface area contributed by atoms with E-state index in [0.717, 1.165) is 30.6 Å². The van der Waals surface area contributed by atoms with E-state index in [2.05, 4.69) is 40.7 Å². The molecule has 0 N–H and O–H groups in total. The van der Waals surface area contributed by atoms with Crippen LogP contribution in [0.5, 0.6) is 0 Å². The molecule has 0 aromatic carbocycles. The zero-order chi connectivity index (χ0) is 25.7. The van der Waals surface area contributed by atoms with Crippen LogP contribution >= 0.6 is 0 Å². The third-order valence-corrected chi connectivity index (χ3v) is 7.37. The molecule has 34 heavy (non-hydrogen) atoms. The topological polar surface area (TPSA) is 34.1 Å². The van der Waals surface area contributed by atoms with E-state index < -0.39 is 0 Å². The number of carbonyl (C=O) groups excluding carboxylic acids is 2. The van der Waals surface area contributed by atoms with Gasteiger partial charge in [-0.15, -0.1) is 0 Å². The van der Waals surface area contributed by atoms with Gasteiger partial charge in [-0.2, -0.15) is 0 Å². The lowest BCUT2D eigenvalue weighted by molar-refractivity contribution is -0.116. The number of hydrogen-bond donors (Lipinski definition) is 0. The number of carbonyl (C=O) groups is 2. The normalized spacial score (nSPS) is 17.5. The first-order chi connectivity index (χ1) is 16.1. The molecule has 1 aliphatic rings. The van der Waals surface area contributed by atoms with Crippen molar-refractivity contribution in [3.63, 3.8) is 0 Å². The highest BCUT2D eigenvalue weighted by Gasteiger charge is 2.28. The summed E-state index contributed by atoms with van der Waals surface area (Å²) in [4.78, 5) is 25.6. The van der Waals surface area contributed by atoms with Gasteiger partial charge in [-0.3, -0.25) is 9.59 Å². The Hall–Kier alpha value is -1.70. The Bertz CT molecular complexity index is 788. The van der Waals surface area contributed by atoms with Crippen molar-refractivity contribution in [1.82, 2.24) is 0 Å². The molecule has 0 aliphatic heterocycles. The van der Waals surface area contributed by atoms with Crippen molar-refractivity contribution in [3.8, 4) is 0 Å². The van der Waals surface area contributed by atoms with E-state index >= 15 is 0 Å². The Morgan fingerprint density at radius 2 is 1.35 bits per heavy atom. The molecule has 2 atom stereocenters. The minimum absolute atomic E-state index is 0.0134. The summed E-state index contributed by atoms with van der Waals surface area (Å²) in [7, 11) is 0. The van der Waals surface area contributed by atoms with Crippen molar-refractivity contribution in [2.24, 2.45) is 17.8 Å². The maximum absolute atomic E-state index is 13.0. The molecule has 0 bridgehead atoms. The molecule has 0 amide bonds. The average molecular weight is 469 g/mol. The van der Waals surface area contributed by atoms with E-state index in [0.29, 0.717) is 28.7 Å². The molecule has 0 spiro atoms. The lowest BCUT2D eigenvalue weighted by Crippen LogP contribution is -2.21. The van der Waals surface area contributed by atoms with Gasteiger partial charge in [0.15, 0.2) is 11.6 Å². The van der Waals surface area contributed by atoms with E-state index in [1.165, 1.54) is 56.9 Å². The maximum atomic E-state index is 13.0. The molecule has 2 nitrogen and oxygen atoms in total. The van der Waals surface area contributed by atoms with Gasteiger partial charge < -0.3 is 0 Å². The molecular weight excluding hydrogens is 416 g/mol. The highest BCUT2D eigenvalue weighted by atomic mass is 16.1. The smallest absolute Gasteiger partial charge is 0.190 e. The summed E-state index contributed by atoms with van der Waals surface area (Å²) in [6, 6.07) is 0. The van der Waals surface area contributed by atoms with E-state index in [1.54, 1.807) is 13.8 Å². The van der Waals surface area contributed by atoms with Crippen LogP contribution in [0.4, 0.5) is 0 Å². The number of hydrogen-bond acceptors (Lipinski definition) is 2. The van der Waals surface area contributed by atoms with Gasteiger partial charge in [-0.05, 0) is 64.2 Å². The third-order valence-electron chi connectivity index (χ3n) is 7.37. The Morgan fingerprint density at radius 3 is 1.91 bits per heavy atom. The van der Waals surface area contributed by atoms with Crippen LogP contribution in [-0.2, 0) is 9.59 Å². The monoisotopic (exact) mass is 468 g/mol. The summed E-state index contributed by atoms with van der Waals surface area (Å²) in [5.74, 6) is 2.51. The van der Waals surface area contributed by atoms with E-state index in [4.69, 9.17) is 0 Å². The Labute approximate surface area is 211 Å². The Kier molecular flexibility index (Phi) is 14.3. The lowest BCUT2D eigenvalue weighted by Gasteiger charge is -2.18. The molecule has 0 aromatic heterocycles. The lowest BCUT2D eigenvalue weighted by atomic mass is 9.83. The van der Waals surface area contributed by atoms with Crippen LogP contribution in [0.25, 0.3) is 0 Å². The second-order valence-corrected chi connectivity index (χ2v) is 11.2. The van der Waals surface area contributed by atoms with Crippen molar-refractivity contribution in [2.75, 3.05) is 0 Å².